The molecule has 1 N–H and O–H groups in total. The van der Waals surface area contributed by atoms with Crippen molar-refractivity contribution in [3.05, 3.63) is 54.5 Å². The van der Waals surface area contributed by atoms with E-state index in [0.717, 1.165) is 37.2 Å². The first-order valence-electron chi connectivity index (χ1n) is 8.91. The van der Waals surface area contributed by atoms with Gasteiger partial charge in [0.25, 0.3) is 5.91 Å². The van der Waals surface area contributed by atoms with Crippen molar-refractivity contribution in [1.82, 2.24) is 14.5 Å². The first-order valence-corrected chi connectivity index (χ1v) is 8.91. The van der Waals surface area contributed by atoms with Crippen molar-refractivity contribution in [2.45, 2.75) is 20.4 Å². The van der Waals surface area contributed by atoms with Crippen molar-refractivity contribution >= 4 is 29.0 Å². The van der Waals surface area contributed by atoms with E-state index in [2.05, 4.69) is 33.6 Å². The Morgan fingerprint density at radius 2 is 2.04 bits per heavy atom. The maximum atomic E-state index is 12.3. The Balaban J connectivity index is 1.80. The summed E-state index contributed by atoms with van der Waals surface area (Å²) in [6, 6.07) is 11.5. The van der Waals surface area contributed by atoms with E-state index < -0.39 is 0 Å². The molecule has 6 nitrogen and oxygen atoms in total. The van der Waals surface area contributed by atoms with Gasteiger partial charge in [0, 0.05) is 19.2 Å². The monoisotopic (exact) mass is 352 g/mol. The number of nitrogens with zero attached hydrogens (tertiary/aromatic N) is 3. The third kappa shape index (κ3) is 4.21. The maximum Gasteiger partial charge on any atom is 0.250 e. The number of fused-ring (bicyclic) bond motifs is 1. The van der Waals surface area contributed by atoms with Gasteiger partial charge in [-0.15, -0.1) is 0 Å². The van der Waals surface area contributed by atoms with Gasteiger partial charge in [0.2, 0.25) is 5.95 Å². The Hall–Kier alpha value is -2.86. The molecule has 1 aromatic carbocycles. The van der Waals surface area contributed by atoms with Gasteiger partial charge in [-0.3, -0.25) is 10.1 Å². The van der Waals surface area contributed by atoms with Crippen molar-refractivity contribution in [1.29, 1.82) is 0 Å². The third-order valence-corrected chi connectivity index (χ3v) is 4.37. The fourth-order valence-electron chi connectivity index (χ4n) is 2.87. The van der Waals surface area contributed by atoms with Crippen LogP contribution in [0.15, 0.2) is 53.2 Å². The second-order valence-electron chi connectivity index (χ2n) is 5.94. The van der Waals surface area contributed by atoms with Crippen LogP contribution in [-0.4, -0.2) is 40.0 Å². The minimum absolute atomic E-state index is 0.235. The highest BCUT2D eigenvalue weighted by Crippen LogP contribution is 2.19. The first kappa shape index (κ1) is 17.9. The molecular formula is C20H24N4O2. The molecule has 0 radical (unpaired) electrons. The largest absolute Gasteiger partial charge is 0.465 e. The molecule has 3 rings (SSSR count). The second-order valence-corrected chi connectivity index (χ2v) is 5.94. The number of hydrogen-bond donors (Lipinski definition) is 1. The van der Waals surface area contributed by atoms with Gasteiger partial charge in [-0.2, -0.15) is 0 Å². The van der Waals surface area contributed by atoms with E-state index in [1.54, 1.807) is 24.5 Å². The number of carbonyl (C=O) groups is 1. The van der Waals surface area contributed by atoms with Crippen LogP contribution in [0, 0.1) is 0 Å². The van der Waals surface area contributed by atoms with Crippen LogP contribution in [0.2, 0.25) is 0 Å². The fourth-order valence-corrected chi connectivity index (χ4v) is 2.87. The van der Waals surface area contributed by atoms with Crippen LogP contribution in [-0.2, 0) is 11.3 Å². The lowest BCUT2D eigenvalue weighted by molar-refractivity contribution is -0.111. The molecular weight excluding hydrogens is 328 g/mol. The molecule has 6 heteroatoms. The van der Waals surface area contributed by atoms with E-state index in [1.807, 2.05) is 24.3 Å². The van der Waals surface area contributed by atoms with Crippen LogP contribution in [0.1, 0.15) is 19.6 Å². The number of rotatable bonds is 8. The second kappa shape index (κ2) is 8.49. The molecule has 0 aliphatic carbocycles. The normalized spacial score (nSPS) is 11.7. The number of hydrogen-bond acceptors (Lipinski definition) is 4. The van der Waals surface area contributed by atoms with Gasteiger partial charge in [0.05, 0.1) is 17.3 Å². The Labute approximate surface area is 153 Å². The number of likely N-dealkylation sites (N-methyl/N-ethyl adjacent to an activating group) is 1. The summed E-state index contributed by atoms with van der Waals surface area (Å²) in [4.78, 5) is 19.2. The molecule has 0 fully saturated rings. The minimum Gasteiger partial charge on any atom is -0.465 e. The van der Waals surface area contributed by atoms with E-state index in [0.29, 0.717) is 11.7 Å². The lowest BCUT2D eigenvalue weighted by Gasteiger charge is -2.19. The zero-order valence-electron chi connectivity index (χ0n) is 15.2. The molecule has 0 bridgehead atoms. The summed E-state index contributed by atoms with van der Waals surface area (Å²) in [5.74, 6) is 0.962. The Kier molecular flexibility index (Phi) is 5.86. The zero-order chi connectivity index (χ0) is 18.4. The molecule has 3 aromatic rings. The van der Waals surface area contributed by atoms with Crippen LogP contribution >= 0.6 is 0 Å². The molecule has 2 heterocycles. The molecule has 1 amide bonds. The molecule has 136 valence electrons. The Morgan fingerprint density at radius 1 is 1.23 bits per heavy atom. The summed E-state index contributed by atoms with van der Waals surface area (Å²) in [7, 11) is 0. The lowest BCUT2D eigenvalue weighted by atomic mass is 10.3. The number of furan rings is 1. The van der Waals surface area contributed by atoms with Crippen LogP contribution in [0.5, 0.6) is 0 Å². The van der Waals surface area contributed by atoms with Gasteiger partial charge in [-0.05, 0) is 43.4 Å². The van der Waals surface area contributed by atoms with Gasteiger partial charge in [0.1, 0.15) is 5.76 Å². The smallest absolute Gasteiger partial charge is 0.250 e. The summed E-state index contributed by atoms with van der Waals surface area (Å²) < 4.78 is 7.26. The molecule has 0 unspecified atom stereocenters. The third-order valence-electron chi connectivity index (χ3n) is 4.37. The number of aromatic nitrogens is 2. The van der Waals surface area contributed by atoms with Gasteiger partial charge in [-0.25, -0.2) is 4.98 Å². The average molecular weight is 352 g/mol. The average Bonchev–Trinajstić information content (AvgIpc) is 3.29. The standard InChI is InChI=1S/C20H24N4O2/c1-3-23(4-2)13-14-24-18-10-6-5-9-17(18)21-20(24)22-19(25)12-11-16-8-7-15-26-16/h5-12,15H,3-4,13-14H2,1-2H3,(H,21,22,25)/b12-11+. The van der Waals surface area contributed by atoms with Gasteiger partial charge in [-0.1, -0.05) is 26.0 Å². The predicted molar refractivity (Wildman–Crippen MR) is 104 cm³/mol. The van der Waals surface area contributed by atoms with Crippen LogP contribution in [0.3, 0.4) is 0 Å². The zero-order valence-corrected chi connectivity index (χ0v) is 15.2. The van der Waals surface area contributed by atoms with Gasteiger partial charge >= 0.3 is 0 Å². The Bertz CT molecular complexity index is 876. The van der Waals surface area contributed by atoms with E-state index in [9.17, 15) is 4.79 Å². The van der Waals surface area contributed by atoms with E-state index in [4.69, 9.17) is 4.42 Å². The predicted octanol–water partition coefficient (Wildman–Crippen LogP) is 3.62. The molecule has 26 heavy (non-hydrogen) atoms. The fraction of sp³-hybridized carbons (Fsp3) is 0.300. The topological polar surface area (TPSA) is 63.3 Å². The van der Waals surface area contributed by atoms with Crippen molar-refractivity contribution in [2.75, 3.05) is 25.0 Å². The SMILES string of the molecule is CCN(CC)CCn1c(NC(=O)/C=C/c2ccco2)nc2ccccc21. The number of imidazole rings is 1. The lowest BCUT2D eigenvalue weighted by Crippen LogP contribution is -2.27. The summed E-state index contributed by atoms with van der Waals surface area (Å²) in [6.07, 6.45) is 4.66. The highest BCUT2D eigenvalue weighted by atomic mass is 16.3. The van der Waals surface area contributed by atoms with Crippen LogP contribution in [0.25, 0.3) is 17.1 Å². The molecule has 2 aromatic heterocycles. The molecule has 0 saturated carbocycles. The maximum absolute atomic E-state index is 12.3. The van der Waals surface area contributed by atoms with Crippen LogP contribution in [0.4, 0.5) is 5.95 Å². The highest BCUT2D eigenvalue weighted by Gasteiger charge is 2.13. The molecule has 0 spiro atoms. The quantitative estimate of drug-likeness (QED) is 0.629. The number of amides is 1. The van der Waals surface area contributed by atoms with Crippen molar-refractivity contribution in [2.24, 2.45) is 0 Å². The van der Waals surface area contributed by atoms with Crippen molar-refractivity contribution in [3.63, 3.8) is 0 Å². The van der Waals surface area contributed by atoms with Crippen molar-refractivity contribution in [3.8, 4) is 0 Å². The molecule has 0 atom stereocenters. The summed E-state index contributed by atoms with van der Waals surface area (Å²) >= 11 is 0. The minimum atomic E-state index is -0.235. The number of para-hydroxylation sites is 2. The van der Waals surface area contributed by atoms with E-state index in [1.165, 1.54) is 6.08 Å². The first-order chi connectivity index (χ1) is 12.7. The van der Waals surface area contributed by atoms with Crippen LogP contribution < -0.4 is 5.32 Å². The van der Waals surface area contributed by atoms with E-state index in [-0.39, 0.29) is 5.91 Å². The summed E-state index contributed by atoms with van der Waals surface area (Å²) in [5.41, 5.74) is 1.89. The van der Waals surface area contributed by atoms with Gasteiger partial charge < -0.3 is 13.9 Å². The molecule has 0 aliphatic heterocycles. The molecule has 0 aliphatic rings. The highest BCUT2D eigenvalue weighted by molar-refractivity contribution is 6.01. The number of nitrogens with one attached hydrogen (secondary N) is 1. The van der Waals surface area contributed by atoms with E-state index >= 15 is 0 Å². The number of benzene rings is 1. The summed E-state index contributed by atoms with van der Waals surface area (Å²) in [6.45, 7) is 7.96. The number of anilines is 1. The number of carbonyl (C=O) groups excluding carboxylic acids is 1. The van der Waals surface area contributed by atoms with Gasteiger partial charge in [0.15, 0.2) is 0 Å². The van der Waals surface area contributed by atoms with Crippen molar-refractivity contribution < 1.29 is 9.21 Å². The molecule has 0 saturated heterocycles. The summed E-state index contributed by atoms with van der Waals surface area (Å²) in [5, 5.41) is 2.89. The Morgan fingerprint density at radius 3 is 2.77 bits per heavy atom.